The Labute approximate surface area is 299 Å². The third kappa shape index (κ3) is 11.7. The second-order valence-corrected chi connectivity index (χ2v) is 13.4. The summed E-state index contributed by atoms with van der Waals surface area (Å²) in [5, 5.41) is 12.8. The van der Waals surface area contributed by atoms with E-state index in [1.54, 1.807) is 18.2 Å². The zero-order valence-corrected chi connectivity index (χ0v) is 29.5. The van der Waals surface area contributed by atoms with E-state index in [1.807, 2.05) is 12.3 Å². The number of benzene rings is 2. The molecule has 8 nitrogen and oxygen atoms in total. The number of rotatable bonds is 18. The second-order valence-electron chi connectivity index (χ2n) is 13.4. The van der Waals surface area contributed by atoms with Crippen molar-refractivity contribution in [2.75, 3.05) is 25.0 Å². The second kappa shape index (κ2) is 19.0. The number of aromatic nitrogens is 2. The van der Waals surface area contributed by atoms with Gasteiger partial charge in [-0.25, -0.2) is 4.98 Å². The van der Waals surface area contributed by atoms with E-state index in [0.29, 0.717) is 42.7 Å². The molecule has 0 saturated heterocycles. The monoisotopic (exact) mass is 718 g/mol. The fourth-order valence-corrected chi connectivity index (χ4v) is 7.13. The minimum Gasteiger partial charge on any atom is -0.493 e. The van der Waals surface area contributed by atoms with Gasteiger partial charge in [0.1, 0.15) is 12.3 Å². The lowest BCUT2D eigenvalue weighted by Crippen LogP contribution is -2.44. The minimum atomic E-state index is -4.63. The molecule has 0 spiro atoms. The molecule has 274 valence electrons. The number of carboxylic acid groups (broad SMARTS) is 1. The first-order chi connectivity index (χ1) is 23.7. The number of hydrogen-bond donors (Lipinski definition) is 2. The molecule has 0 bridgehead atoms. The molecule has 0 aliphatic carbocycles. The third-order valence-electron chi connectivity index (χ3n) is 9.57. The average Bonchev–Trinajstić information content (AvgIpc) is 3.45. The van der Waals surface area contributed by atoms with E-state index in [4.69, 9.17) is 4.74 Å². The van der Waals surface area contributed by atoms with Crippen LogP contribution >= 0.6 is 12.4 Å². The molecule has 3 aromatic rings. The van der Waals surface area contributed by atoms with Gasteiger partial charge in [0.2, 0.25) is 11.9 Å². The first-order valence-corrected chi connectivity index (χ1v) is 17.8. The fourth-order valence-electron chi connectivity index (χ4n) is 7.13. The van der Waals surface area contributed by atoms with E-state index in [9.17, 15) is 27.9 Å². The highest BCUT2D eigenvalue weighted by molar-refractivity contribution is 5.85. The molecule has 1 aromatic heterocycles. The lowest BCUT2D eigenvalue weighted by molar-refractivity contribution is -0.169. The molecule has 2 atom stereocenters. The number of amides is 1. The summed E-state index contributed by atoms with van der Waals surface area (Å²) in [4.78, 5) is 30.8. The van der Waals surface area contributed by atoms with Crippen LogP contribution in [0.5, 0.6) is 5.75 Å². The molecule has 12 heteroatoms. The number of ether oxygens (including phenoxy) is 1. The molecule has 2 aliphatic heterocycles. The molecule has 2 aliphatic rings. The Kier molecular flexibility index (Phi) is 14.9. The number of fused-ring (bicyclic) bond motifs is 2. The number of carbonyl (C=O) groups excluding carboxylic acids is 1. The number of carboxylic acids is 1. The van der Waals surface area contributed by atoms with Crippen LogP contribution in [0, 0.1) is 5.92 Å². The summed E-state index contributed by atoms with van der Waals surface area (Å²) in [6.07, 6.45) is 8.13. The summed E-state index contributed by atoms with van der Waals surface area (Å²) in [5.41, 5.74) is 3.56. The maximum Gasteiger partial charge on any atom is 0.406 e. The molecule has 1 unspecified atom stereocenters. The summed E-state index contributed by atoms with van der Waals surface area (Å²) >= 11 is 0. The fraction of sp³-hybridized carbons (Fsp3) is 0.553. The van der Waals surface area contributed by atoms with Crippen LogP contribution in [0.25, 0.3) is 0 Å². The third-order valence-corrected chi connectivity index (χ3v) is 9.57. The van der Waals surface area contributed by atoms with Crippen molar-refractivity contribution in [3.63, 3.8) is 0 Å². The van der Waals surface area contributed by atoms with Crippen molar-refractivity contribution in [2.24, 2.45) is 5.92 Å². The molecular weight excluding hydrogens is 669 g/mol. The Morgan fingerprint density at radius 2 is 1.70 bits per heavy atom. The van der Waals surface area contributed by atoms with Crippen LogP contribution in [0.2, 0.25) is 0 Å². The number of nitrogens with one attached hydrogen (secondary N) is 1. The number of aliphatic carboxylic acids is 1. The molecule has 0 radical (unpaired) electrons. The summed E-state index contributed by atoms with van der Waals surface area (Å²) in [6, 6.07) is 15.0. The molecule has 3 heterocycles. The van der Waals surface area contributed by atoms with Gasteiger partial charge in [0.25, 0.3) is 0 Å². The van der Waals surface area contributed by atoms with E-state index in [2.05, 4.69) is 39.1 Å². The maximum atomic E-state index is 13.9. The Morgan fingerprint density at radius 1 is 0.980 bits per heavy atom. The minimum absolute atomic E-state index is 0. The number of carbonyl (C=O) groups is 2. The van der Waals surface area contributed by atoms with Crippen LogP contribution in [0.1, 0.15) is 99.1 Å². The number of anilines is 1. The summed E-state index contributed by atoms with van der Waals surface area (Å²) in [6.45, 7) is 0.714. The van der Waals surface area contributed by atoms with E-state index >= 15 is 0 Å². The quantitative estimate of drug-likeness (QED) is 0.128. The largest absolute Gasteiger partial charge is 0.493 e. The summed E-state index contributed by atoms with van der Waals surface area (Å²) < 4.78 is 50.0. The Hall–Kier alpha value is -3.73. The zero-order valence-electron chi connectivity index (χ0n) is 28.6. The molecule has 0 saturated carbocycles. The van der Waals surface area contributed by atoms with Crippen molar-refractivity contribution in [3.8, 4) is 5.75 Å². The van der Waals surface area contributed by atoms with Crippen LogP contribution in [-0.2, 0) is 35.4 Å². The van der Waals surface area contributed by atoms with Crippen LogP contribution in [0.15, 0.2) is 54.7 Å². The Bertz CT molecular complexity index is 1490. The number of halogens is 4. The number of alkyl halides is 3. The van der Waals surface area contributed by atoms with Gasteiger partial charge in [-0.05, 0) is 60.9 Å². The zero-order chi connectivity index (χ0) is 34.6. The molecule has 0 fully saturated rings. The van der Waals surface area contributed by atoms with Crippen molar-refractivity contribution in [1.29, 1.82) is 0 Å². The van der Waals surface area contributed by atoms with E-state index in [-0.39, 0.29) is 18.8 Å². The van der Waals surface area contributed by atoms with Crippen molar-refractivity contribution >= 4 is 30.2 Å². The number of nitrogens with zero attached hydrogens (tertiary/aromatic N) is 3. The van der Waals surface area contributed by atoms with E-state index < -0.39 is 43.0 Å². The van der Waals surface area contributed by atoms with Crippen LogP contribution in [0.4, 0.5) is 19.1 Å². The number of hydrogen-bond acceptors (Lipinski definition) is 5. The molecule has 1 amide bonds. The van der Waals surface area contributed by atoms with Gasteiger partial charge in [-0.15, -0.1) is 12.4 Å². The highest BCUT2D eigenvalue weighted by Crippen LogP contribution is 2.39. The van der Waals surface area contributed by atoms with Crippen molar-refractivity contribution < 1.29 is 32.6 Å². The van der Waals surface area contributed by atoms with Gasteiger partial charge in [-0.3, -0.25) is 9.59 Å². The van der Waals surface area contributed by atoms with Crippen LogP contribution < -0.4 is 10.1 Å². The van der Waals surface area contributed by atoms with Crippen LogP contribution in [-0.4, -0.2) is 57.3 Å². The lowest BCUT2D eigenvalue weighted by Gasteiger charge is -2.33. The van der Waals surface area contributed by atoms with Gasteiger partial charge in [0.15, 0.2) is 0 Å². The number of imidazole rings is 1. The van der Waals surface area contributed by atoms with Crippen LogP contribution in [0.3, 0.4) is 0 Å². The standard InChI is InChI=1S/C38H49F3N4O4.ClH/c39-38(40,41)27-45-34(16-11-6-4-2-1-3-5-8-13-28-14-9-7-10-15-28)33-25-32(18-17-29(33)23-30(36(45)48)24-35(46)47)49-22-19-31-26-44-21-12-20-42-37(44)43-31;/h7,9-10,14-15,17-18,25-26,30,34H,1-6,8,11-13,16,19-24,27H2,(H,42,43)(H,46,47);1H/t30-,34?;/m0./s1. The molecular formula is C38H50ClF3N4O4. The smallest absolute Gasteiger partial charge is 0.406 e. The van der Waals surface area contributed by atoms with Gasteiger partial charge >= 0.3 is 12.1 Å². The topological polar surface area (TPSA) is 96.7 Å². The first-order valence-electron chi connectivity index (χ1n) is 17.8. The van der Waals surface area contributed by atoms with E-state index in [0.717, 1.165) is 81.0 Å². The molecule has 50 heavy (non-hydrogen) atoms. The van der Waals surface area contributed by atoms with Gasteiger partial charge in [0, 0.05) is 25.7 Å². The number of aryl methyl sites for hydroxylation is 2. The number of unbranched alkanes of at least 4 members (excludes halogenated alkanes) is 7. The van der Waals surface area contributed by atoms with Gasteiger partial charge in [0.05, 0.1) is 30.7 Å². The SMILES string of the molecule is Cl.O=C(O)C[C@@H]1Cc2ccc(OCCc3cn4c(n3)NCCC4)cc2C(CCCCCCCCCCc2ccccc2)N(CC(F)(F)F)C1=O. The predicted octanol–water partition coefficient (Wildman–Crippen LogP) is 8.57. The normalized spacial score (nSPS) is 17.3. The molecule has 5 rings (SSSR count). The van der Waals surface area contributed by atoms with Crippen molar-refractivity contribution in [2.45, 2.75) is 109 Å². The van der Waals surface area contributed by atoms with E-state index in [1.165, 1.54) is 12.0 Å². The first kappa shape index (κ1) is 39.1. The van der Waals surface area contributed by atoms with Gasteiger partial charge < -0.3 is 24.6 Å². The van der Waals surface area contributed by atoms with Crippen molar-refractivity contribution in [1.82, 2.24) is 14.5 Å². The molecule has 2 aromatic carbocycles. The van der Waals surface area contributed by atoms with Gasteiger partial charge in [-0.2, -0.15) is 13.2 Å². The summed E-state index contributed by atoms with van der Waals surface area (Å²) in [5.74, 6) is -1.68. The Morgan fingerprint density at radius 3 is 2.40 bits per heavy atom. The molecule has 2 N–H and O–H groups in total. The average molecular weight is 719 g/mol. The van der Waals surface area contributed by atoms with Crippen molar-refractivity contribution in [3.05, 3.63) is 77.1 Å². The lowest BCUT2D eigenvalue weighted by atomic mass is 9.91. The maximum absolute atomic E-state index is 13.9. The highest BCUT2D eigenvalue weighted by atomic mass is 35.5. The predicted molar refractivity (Wildman–Crippen MR) is 190 cm³/mol. The Balaban J connectivity index is 0.00000562. The highest BCUT2D eigenvalue weighted by Gasteiger charge is 2.42. The summed E-state index contributed by atoms with van der Waals surface area (Å²) in [7, 11) is 0. The van der Waals surface area contributed by atoms with Gasteiger partial charge in [-0.1, -0.05) is 81.3 Å².